The molecule has 0 amide bonds. The van der Waals surface area contributed by atoms with Crippen LogP contribution in [-0.4, -0.2) is 34.5 Å². The molecule has 0 aliphatic heterocycles. The first-order chi connectivity index (χ1) is 7.75. The molecule has 7 heteroatoms. The fraction of sp³-hybridized carbons (Fsp3) is 0.400. The summed E-state index contributed by atoms with van der Waals surface area (Å²) in [6.07, 6.45) is 0. The van der Waals surface area contributed by atoms with Crippen molar-refractivity contribution >= 4 is 10.0 Å². The summed E-state index contributed by atoms with van der Waals surface area (Å²) in [7, 11) is 0.938. The molecule has 0 aromatic heterocycles. The lowest BCUT2D eigenvalue weighted by Crippen LogP contribution is -2.17. The zero-order chi connectivity index (χ0) is 13.2. The van der Waals surface area contributed by atoms with E-state index < -0.39 is 20.7 Å². The monoisotopic (exact) mass is 262 g/mol. The highest BCUT2D eigenvalue weighted by Gasteiger charge is 2.18. The Morgan fingerprint density at radius 1 is 1.41 bits per heavy atom. The summed E-state index contributed by atoms with van der Waals surface area (Å²) in [5, 5.41) is 4.93. The average molecular weight is 262 g/mol. The quantitative estimate of drug-likeness (QED) is 0.859. The molecule has 0 aliphatic carbocycles. The highest BCUT2D eigenvalue weighted by atomic mass is 32.2. The van der Waals surface area contributed by atoms with Gasteiger partial charge in [-0.3, -0.25) is 0 Å². The molecule has 0 atom stereocenters. The first-order valence-corrected chi connectivity index (χ1v) is 6.34. The van der Waals surface area contributed by atoms with Gasteiger partial charge < -0.3 is 9.64 Å². The summed E-state index contributed by atoms with van der Waals surface area (Å²) in [6.45, 7) is 0.423. The van der Waals surface area contributed by atoms with Gasteiger partial charge in [-0.05, 0) is 20.2 Å². The zero-order valence-electron chi connectivity index (χ0n) is 9.90. The van der Waals surface area contributed by atoms with Crippen LogP contribution < -0.4 is 9.88 Å². The van der Waals surface area contributed by atoms with Crippen molar-refractivity contribution in [1.29, 1.82) is 0 Å². The van der Waals surface area contributed by atoms with Gasteiger partial charge in [-0.25, -0.2) is 17.9 Å². The molecule has 2 N–H and O–H groups in total. The Balaban J connectivity index is 3.38. The fourth-order valence-electron chi connectivity index (χ4n) is 1.45. The highest BCUT2D eigenvalue weighted by molar-refractivity contribution is 7.89. The molecule has 0 bridgehead atoms. The van der Waals surface area contributed by atoms with E-state index >= 15 is 0 Å². The standard InChI is InChI=1S/C10H15FN2O3S/c1-13(2)6-7-4-10(17(12,14)15)8(11)5-9(7)16-3/h4-5H,6H2,1-3H3,(H2,12,14,15). The molecule has 0 unspecified atom stereocenters. The molecule has 0 saturated carbocycles. The molecule has 0 spiro atoms. The number of primary sulfonamides is 1. The molecule has 1 aromatic carbocycles. The number of nitrogens with zero attached hydrogens (tertiary/aromatic N) is 1. The van der Waals surface area contributed by atoms with Crippen molar-refractivity contribution in [2.24, 2.45) is 5.14 Å². The predicted octanol–water partition coefficient (Wildman–Crippen LogP) is 0.543. The van der Waals surface area contributed by atoms with Crippen molar-refractivity contribution in [2.45, 2.75) is 11.4 Å². The van der Waals surface area contributed by atoms with Gasteiger partial charge in [0.15, 0.2) is 0 Å². The third-order valence-electron chi connectivity index (χ3n) is 2.13. The second kappa shape index (κ2) is 4.99. The average Bonchev–Trinajstić information content (AvgIpc) is 2.17. The molecule has 0 fully saturated rings. The number of benzene rings is 1. The minimum absolute atomic E-state index is 0.295. The molecule has 0 heterocycles. The van der Waals surface area contributed by atoms with Gasteiger partial charge in [-0.2, -0.15) is 0 Å². The Labute approximate surface area is 100 Å². The molecule has 0 aliphatic rings. The van der Waals surface area contributed by atoms with E-state index in [-0.39, 0.29) is 0 Å². The van der Waals surface area contributed by atoms with Gasteiger partial charge >= 0.3 is 0 Å². The maximum atomic E-state index is 13.5. The van der Waals surface area contributed by atoms with Crippen LogP contribution in [0.1, 0.15) is 5.56 Å². The van der Waals surface area contributed by atoms with Gasteiger partial charge in [0.05, 0.1) is 7.11 Å². The summed E-state index contributed by atoms with van der Waals surface area (Å²) in [5.41, 5.74) is 0.558. The van der Waals surface area contributed by atoms with Crippen LogP contribution in [0, 0.1) is 5.82 Å². The van der Waals surface area contributed by atoms with E-state index in [0.717, 1.165) is 6.07 Å². The molecule has 1 rings (SSSR count). The number of sulfonamides is 1. The number of nitrogens with two attached hydrogens (primary N) is 1. The molecular formula is C10H15FN2O3S. The third kappa shape index (κ3) is 3.39. The lowest BCUT2D eigenvalue weighted by Gasteiger charge is -2.14. The van der Waals surface area contributed by atoms with Crippen LogP contribution >= 0.6 is 0 Å². The van der Waals surface area contributed by atoms with E-state index in [4.69, 9.17) is 9.88 Å². The number of rotatable bonds is 4. The van der Waals surface area contributed by atoms with E-state index in [1.807, 2.05) is 4.90 Å². The van der Waals surface area contributed by atoms with Crippen molar-refractivity contribution in [3.05, 3.63) is 23.5 Å². The van der Waals surface area contributed by atoms with Crippen LogP contribution in [0.15, 0.2) is 17.0 Å². The molecule has 1 aromatic rings. The normalized spacial score (nSPS) is 11.9. The van der Waals surface area contributed by atoms with Gasteiger partial charge in [-0.15, -0.1) is 0 Å². The third-order valence-corrected chi connectivity index (χ3v) is 3.05. The second-order valence-electron chi connectivity index (χ2n) is 3.88. The maximum absolute atomic E-state index is 13.5. The molecule has 5 nitrogen and oxygen atoms in total. The number of methoxy groups -OCH3 is 1. The van der Waals surface area contributed by atoms with Crippen LogP contribution in [0.3, 0.4) is 0 Å². The van der Waals surface area contributed by atoms with Gasteiger partial charge in [0, 0.05) is 18.2 Å². The van der Waals surface area contributed by atoms with Crippen LogP contribution in [0.5, 0.6) is 5.75 Å². The molecular weight excluding hydrogens is 247 g/mol. The number of halogens is 1. The molecule has 0 radical (unpaired) electrons. The number of hydrogen-bond donors (Lipinski definition) is 1. The second-order valence-corrected chi connectivity index (χ2v) is 5.41. The van der Waals surface area contributed by atoms with Crippen LogP contribution in [0.4, 0.5) is 4.39 Å². The largest absolute Gasteiger partial charge is 0.496 e. The van der Waals surface area contributed by atoms with Gasteiger partial charge in [0.1, 0.15) is 16.5 Å². The lowest BCUT2D eigenvalue weighted by atomic mass is 10.2. The Morgan fingerprint density at radius 2 is 2.00 bits per heavy atom. The van der Waals surface area contributed by atoms with E-state index in [2.05, 4.69) is 0 Å². The van der Waals surface area contributed by atoms with Gasteiger partial charge in [0.25, 0.3) is 0 Å². The summed E-state index contributed by atoms with van der Waals surface area (Å²) in [6, 6.07) is 2.22. The molecule has 17 heavy (non-hydrogen) atoms. The summed E-state index contributed by atoms with van der Waals surface area (Å²) in [5.74, 6) is -0.615. The van der Waals surface area contributed by atoms with Crippen molar-refractivity contribution in [3.8, 4) is 5.75 Å². The van der Waals surface area contributed by atoms with Gasteiger partial charge in [-0.1, -0.05) is 0 Å². The van der Waals surface area contributed by atoms with E-state index in [0.29, 0.717) is 17.9 Å². The van der Waals surface area contributed by atoms with Gasteiger partial charge in [0.2, 0.25) is 10.0 Å². The van der Waals surface area contributed by atoms with Crippen molar-refractivity contribution in [2.75, 3.05) is 21.2 Å². The Morgan fingerprint density at radius 3 is 2.41 bits per heavy atom. The highest BCUT2D eigenvalue weighted by Crippen LogP contribution is 2.25. The van der Waals surface area contributed by atoms with Crippen molar-refractivity contribution in [3.63, 3.8) is 0 Å². The number of ether oxygens (including phenoxy) is 1. The smallest absolute Gasteiger partial charge is 0.240 e. The zero-order valence-corrected chi connectivity index (χ0v) is 10.7. The Kier molecular flexibility index (Phi) is 4.07. The van der Waals surface area contributed by atoms with E-state index in [1.54, 1.807) is 14.1 Å². The van der Waals surface area contributed by atoms with E-state index in [1.165, 1.54) is 13.2 Å². The maximum Gasteiger partial charge on any atom is 0.240 e. The lowest BCUT2D eigenvalue weighted by molar-refractivity contribution is 0.368. The van der Waals surface area contributed by atoms with Crippen molar-refractivity contribution < 1.29 is 17.5 Å². The topological polar surface area (TPSA) is 72.6 Å². The fourth-order valence-corrected chi connectivity index (χ4v) is 2.09. The van der Waals surface area contributed by atoms with Crippen molar-refractivity contribution in [1.82, 2.24) is 4.90 Å². The summed E-state index contributed by atoms with van der Waals surface area (Å²) in [4.78, 5) is 1.29. The van der Waals surface area contributed by atoms with Crippen LogP contribution in [0.2, 0.25) is 0 Å². The Hall–Kier alpha value is -1.18. The Bertz CT molecular complexity index is 515. The minimum atomic E-state index is -4.07. The van der Waals surface area contributed by atoms with Crippen LogP contribution in [-0.2, 0) is 16.6 Å². The first kappa shape index (κ1) is 13.9. The predicted molar refractivity (Wildman–Crippen MR) is 61.7 cm³/mol. The van der Waals surface area contributed by atoms with Crippen LogP contribution in [0.25, 0.3) is 0 Å². The summed E-state index contributed by atoms with van der Waals surface area (Å²) < 4.78 is 40.8. The molecule has 96 valence electrons. The molecule has 0 saturated heterocycles. The summed E-state index contributed by atoms with van der Waals surface area (Å²) >= 11 is 0. The SMILES string of the molecule is COc1cc(F)c(S(N)(=O)=O)cc1CN(C)C. The van der Waals surface area contributed by atoms with E-state index in [9.17, 15) is 12.8 Å². The minimum Gasteiger partial charge on any atom is -0.496 e. The first-order valence-electron chi connectivity index (χ1n) is 4.79. The number of hydrogen-bond acceptors (Lipinski definition) is 4.